The van der Waals surface area contributed by atoms with Gasteiger partial charge in [-0.2, -0.15) is 0 Å². The Hall–Kier alpha value is -1.66. The van der Waals surface area contributed by atoms with Gasteiger partial charge in [0.1, 0.15) is 11.5 Å². The van der Waals surface area contributed by atoms with E-state index in [1.807, 2.05) is 22.9 Å². The Balaban J connectivity index is 1.81. The van der Waals surface area contributed by atoms with Gasteiger partial charge in [-0.25, -0.2) is 4.39 Å². The van der Waals surface area contributed by atoms with Gasteiger partial charge < -0.3 is 9.88 Å². The standard InChI is InChI=1S/C16H14BrFN2OS/c1-2-20-13(7-14-15(20)12(17)9-22-14)16(21)19-8-10-3-5-11(18)6-4-10/h3-7,9H,2,8H2,1H3,(H,19,21). The molecule has 0 aliphatic rings. The number of carbonyl (C=O) groups is 1. The summed E-state index contributed by atoms with van der Waals surface area (Å²) in [6.45, 7) is 3.11. The number of carbonyl (C=O) groups excluding carboxylic acids is 1. The minimum absolute atomic E-state index is 0.124. The summed E-state index contributed by atoms with van der Waals surface area (Å²) in [6.07, 6.45) is 0. The van der Waals surface area contributed by atoms with Crippen LogP contribution in [0, 0.1) is 5.82 Å². The Morgan fingerprint density at radius 3 is 2.77 bits per heavy atom. The molecule has 0 spiro atoms. The lowest BCUT2D eigenvalue weighted by atomic mass is 10.2. The average molecular weight is 381 g/mol. The highest BCUT2D eigenvalue weighted by molar-refractivity contribution is 9.10. The molecule has 0 radical (unpaired) electrons. The molecule has 3 rings (SSSR count). The summed E-state index contributed by atoms with van der Waals surface area (Å²) in [4.78, 5) is 12.4. The summed E-state index contributed by atoms with van der Waals surface area (Å²) in [5, 5.41) is 4.91. The van der Waals surface area contributed by atoms with Crippen LogP contribution in [0.3, 0.4) is 0 Å². The fourth-order valence-electron chi connectivity index (χ4n) is 2.42. The van der Waals surface area contributed by atoms with Gasteiger partial charge in [0.15, 0.2) is 0 Å². The van der Waals surface area contributed by atoms with Gasteiger partial charge in [0.05, 0.1) is 14.7 Å². The van der Waals surface area contributed by atoms with Gasteiger partial charge in [-0.3, -0.25) is 4.79 Å². The van der Waals surface area contributed by atoms with Crippen molar-refractivity contribution < 1.29 is 9.18 Å². The third-order valence-electron chi connectivity index (χ3n) is 3.49. The molecular weight excluding hydrogens is 367 g/mol. The predicted octanol–water partition coefficient (Wildman–Crippen LogP) is 4.55. The highest BCUT2D eigenvalue weighted by Gasteiger charge is 2.17. The van der Waals surface area contributed by atoms with Crippen LogP contribution in [0.5, 0.6) is 0 Å². The number of fused-ring (bicyclic) bond motifs is 1. The maximum absolute atomic E-state index is 12.9. The first kappa shape index (κ1) is 15.2. The largest absolute Gasteiger partial charge is 0.347 e. The predicted molar refractivity (Wildman–Crippen MR) is 90.8 cm³/mol. The Kier molecular flexibility index (Phi) is 4.31. The number of nitrogens with one attached hydrogen (secondary N) is 1. The molecule has 3 aromatic rings. The van der Waals surface area contributed by atoms with Crippen molar-refractivity contribution in [1.82, 2.24) is 9.88 Å². The van der Waals surface area contributed by atoms with Gasteiger partial charge >= 0.3 is 0 Å². The Bertz CT molecular complexity index is 823. The molecule has 0 bridgehead atoms. The first-order valence-corrected chi connectivity index (χ1v) is 8.56. The van der Waals surface area contributed by atoms with Crippen molar-refractivity contribution >= 4 is 43.4 Å². The molecule has 0 atom stereocenters. The number of rotatable bonds is 4. The molecule has 1 amide bonds. The number of hydrogen-bond donors (Lipinski definition) is 1. The van der Waals surface area contributed by atoms with Crippen molar-refractivity contribution in [3.05, 3.63) is 57.3 Å². The number of aryl methyl sites for hydroxylation is 1. The molecule has 0 unspecified atom stereocenters. The number of benzene rings is 1. The fraction of sp³-hybridized carbons (Fsp3) is 0.188. The number of aromatic nitrogens is 1. The van der Waals surface area contributed by atoms with E-state index < -0.39 is 0 Å². The molecule has 114 valence electrons. The minimum atomic E-state index is -0.278. The lowest BCUT2D eigenvalue weighted by molar-refractivity contribution is 0.0942. The van der Waals surface area contributed by atoms with E-state index in [1.54, 1.807) is 23.5 Å². The van der Waals surface area contributed by atoms with Crippen LogP contribution >= 0.6 is 27.3 Å². The van der Waals surface area contributed by atoms with E-state index in [0.29, 0.717) is 12.2 Å². The molecule has 22 heavy (non-hydrogen) atoms. The van der Waals surface area contributed by atoms with E-state index in [2.05, 4.69) is 21.2 Å². The zero-order valence-electron chi connectivity index (χ0n) is 11.9. The molecular formula is C16H14BrFN2OS. The molecule has 2 aromatic heterocycles. The number of thiophene rings is 1. The summed E-state index contributed by atoms with van der Waals surface area (Å²) >= 11 is 5.13. The van der Waals surface area contributed by atoms with E-state index in [0.717, 1.165) is 26.8 Å². The average Bonchev–Trinajstić information content (AvgIpc) is 3.06. The molecule has 2 heterocycles. The Morgan fingerprint density at radius 1 is 1.36 bits per heavy atom. The van der Waals surface area contributed by atoms with Crippen LogP contribution in [0.2, 0.25) is 0 Å². The highest BCUT2D eigenvalue weighted by atomic mass is 79.9. The van der Waals surface area contributed by atoms with Crippen LogP contribution in [-0.4, -0.2) is 10.5 Å². The van der Waals surface area contributed by atoms with Crippen LogP contribution < -0.4 is 5.32 Å². The molecule has 3 nitrogen and oxygen atoms in total. The van der Waals surface area contributed by atoms with Gasteiger partial charge in [0.2, 0.25) is 0 Å². The molecule has 0 saturated carbocycles. The van der Waals surface area contributed by atoms with Crippen LogP contribution in [0.15, 0.2) is 40.2 Å². The Labute approximate surface area is 139 Å². The molecule has 0 fully saturated rings. The summed E-state index contributed by atoms with van der Waals surface area (Å²) in [5.41, 5.74) is 2.57. The first-order chi connectivity index (χ1) is 10.6. The van der Waals surface area contributed by atoms with Gasteiger partial charge in [-0.1, -0.05) is 12.1 Å². The van der Waals surface area contributed by atoms with Gasteiger partial charge in [0, 0.05) is 18.5 Å². The maximum atomic E-state index is 12.9. The SMILES string of the molecule is CCn1c(C(=O)NCc2ccc(F)cc2)cc2scc(Br)c21. The number of amides is 1. The molecule has 1 aromatic carbocycles. The second-order valence-corrected chi connectivity index (χ2v) is 6.65. The lowest BCUT2D eigenvalue weighted by Gasteiger charge is -2.09. The van der Waals surface area contributed by atoms with Crippen molar-refractivity contribution in [2.24, 2.45) is 0 Å². The second-order valence-electron chi connectivity index (χ2n) is 4.88. The zero-order valence-corrected chi connectivity index (χ0v) is 14.3. The fourth-order valence-corrected chi connectivity index (χ4v) is 4.12. The van der Waals surface area contributed by atoms with Gasteiger partial charge in [-0.15, -0.1) is 11.3 Å². The van der Waals surface area contributed by atoms with E-state index in [4.69, 9.17) is 0 Å². The summed E-state index contributed by atoms with van der Waals surface area (Å²) < 4.78 is 17.0. The molecule has 0 aliphatic carbocycles. The van der Waals surface area contributed by atoms with Gasteiger partial charge in [-0.05, 0) is 46.6 Å². The zero-order chi connectivity index (χ0) is 15.7. The van der Waals surface area contributed by atoms with Crippen LogP contribution in [0.25, 0.3) is 10.2 Å². The minimum Gasteiger partial charge on any atom is -0.347 e. The number of halogens is 2. The number of hydrogen-bond acceptors (Lipinski definition) is 2. The van der Waals surface area contributed by atoms with Crippen LogP contribution in [-0.2, 0) is 13.1 Å². The summed E-state index contributed by atoms with van der Waals surface area (Å²) in [7, 11) is 0. The normalized spacial score (nSPS) is 11.0. The van der Waals surface area contributed by atoms with Crippen molar-refractivity contribution in [2.45, 2.75) is 20.0 Å². The smallest absolute Gasteiger partial charge is 0.268 e. The van der Waals surface area contributed by atoms with Gasteiger partial charge in [0.25, 0.3) is 5.91 Å². The van der Waals surface area contributed by atoms with Crippen molar-refractivity contribution in [3.63, 3.8) is 0 Å². The van der Waals surface area contributed by atoms with Crippen molar-refractivity contribution in [1.29, 1.82) is 0 Å². The summed E-state index contributed by atoms with van der Waals surface area (Å²) in [5.74, 6) is -0.401. The van der Waals surface area contributed by atoms with E-state index in [-0.39, 0.29) is 11.7 Å². The highest BCUT2D eigenvalue weighted by Crippen LogP contribution is 2.33. The summed E-state index contributed by atoms with van der Waals surface area (Å²) in [6, 6.07) is 8.04. The maximum Gasteiger partial charge on any atom is 0.268 e. The Morgan fingerprint density at radius 2 is 2.09 bits per heavy atom. The molecule has 6 heteroatoms. The monoisotopic (exact) mass is 380 g/mol. The van der Waals surface area contributed by atoms with Crippen molar-refractivity contribution in [3.8, 4) is 0 Å². The molecule has 1 N–H and O–H groups in total. The lowest BCUT2D eigenvalue weighted by Crippen LogP contribution is -2.25. The third-order valence-corrected chi connectivity index (χ3v) is 5.32. The molecule has 0 aliphatic heterocycles. The van der Waals surface area contributed by atoms with Crippen molar-refractivity contribution in [2.75, 3.05) is 0 Å². The number of nitrogens with zero attached hydrogens (tertiary/aromatic N) is 1. The molecule has 0 saturated heterocycles. The van der Waals surface area contributed by atoms with E-state index in [9.17, 15) is 9.18 Å². The first-order valence-electron chi connectivity index (χ1n) is 6.89. The van der Waals surface area contributed by atoms with Crippen LogP contribution in [0.4, 0.5) is 4.39 Å². The third kappa shape index (κ3) is 2.80. The topological polar surface area (TPSA) is 34.0 Å². The van der Waals surface area contributed by atoms with E-state index in [1.165, 1.54) is 12.1 Å². The quantitative estimate of drug-likeness (QED) is 0.707. The van der Waals surface area contributed by atoms with Crippen LogP contribution in [0.1, 0.15) is 23.0 Å². The second kappa shape index (κ2) is 6.22. The van der Waals surface area contributed by atoms with E-state index >= 15 is 0 Å².